The number of ether oxygens (including phenoxy) is 2. The molecule has 0 unspecified atom stereocenters. The molecule has 1 saturated heterocycles. The number of rotatable bonds is 9. The Kier molecular flexibility index (Phi) is 8.31. The number of hydrogen-bond donors (Lipinski definition) is 2. The molecule has 3 aromatic carbocycles. The minimum Gasteiger partial charge on any atom is -0.497 e. The lowest BCUT2D eigenvalue weighted by Crippen LogP contribution is -2.47. The summed E-state index contributed by atoms with van der Waals surface area (Å²) >= 11 is 0. The van der Waals surface area contributed by atoms with Crippen molar-refractivity contribution in [2.24, 2.45) is 5.92 Å². The van der Waals surface area contributed by atoms with Gasteiger partial charge in [0.05, 0.1) is 13.7 Å². The molecular weight excluding hydrogens is 482 g/mol. The van der Waals surface area contributed by atoms with Crippen LogP contribution in [0.1, 0.15) is 47.0 Å². The average Bonchev–Trinajstić information content (AvgIpc) is 3.24. The Hall–Kier alpha value is -4.33. The Balaban J connectivity index is 1.54. The molecule has 1 aliphatic heterocycles. The molecule has 0 bridgehead atoms. The Morgan fingerprint density at radius 3 is 2.39 bits per heavy atom. The third-order valence-corrected chi connectivity index (χ3v) is 6.34. The largest absolute Gasteiger partial charge is 0.497 e. The van der Waals surface area contributed by atoms with E-state index in [0.717, 1.165) is 11.1 Å². The summed E-state index contributed by atoms with van der Waals surface area (Å²) in [6.07, 6.45) is -1.33. The number of nitrogens with zero attached hydrogens (tertiary/aromatic N) is 1. The molecule has 8 nitrogen and oxygen atoms in total. The van der Waals surface area contributed by atoms with Gasteiger partial charge in [0.25, 0.3) is 5.91 Å². The van der Waals surface area contributed by atoms with Crippen molar-refractivity contribution in [2.45, 2.75) is 39.5 Å². The van der Waals surface area contributed by atoms with Crippen molar-refractivity contribution >= 4 is 23.6 Å². The number of anilines is 1. The maximum atomic E-state index is 13.3. The highest BCUT2D eigenvalue weighted by atomic mass is 16.6. The van der Waals surface area contributed by atoms with Crippen LogP contribution in [0.3, 0.4) is 0 Å². The summed E-state index contributed by atoms with van der Waals surface area (Å²) < 4.78 is 10.9. The highest BCUT2D eigenvalue weighted by molar-refractivity contribution is 6.04. The van der Waals surface area contributed by atoms with Crippen molar-refractivity contribution in [3.8, 4) is 5.75 Å². The van der Waals surface area contributed by atoms with E-state index < -0.39 is 18.2 Å². The zero-order valence-electron chi connectivity index (χ0n) is 22.1. The number of cyclic esters (lactones) is 1. The summed E-state index contributed by atoms with van der Waals surface area (Å²) in [5.74, 6) is 0.303. The van der Waals surface area contributed by atoms with Gasteiger partial charge >= 0.3 is 6.09 Å². The summed E-state index contributed by atoms with van der Waals surface area (Å²) in [6, 6.07) is 20.9. The molecule has 4 rings (SSSR count). The van der Waals surface area contributed by atoms with Crippen molar-refractivity contribution < 1.29 is 23.9 Å². The van der Waals surface area contributed by atoms with Gasteiger partial charge in [-0.1, -0.05) is 61.9 Å². The van der Waals surface area contributed by atoms with Gasteiger partial charge < -0.3 is 20.1 Å². The van der Waals surface area contributed by atoms with Crippen LogP contribution in [0.5, 0.6) is 5.75 Å². The molecule has 38 heavy (non-hydrogen) atoms. The van der Waals surface area contributed by atoms with E-state index in [-0.39, 0.29) is 24.3 Å². The first kappa shape index (κ1) is 26.7. The molecule has 3 aromatic rings. The predicted molar refractivity (Wildman–Crippen MR) is 145 cm³/mol. The highest BCUT2D eigenvalue weighted by Gasteiger charge is 2.46. The first-order valence-electron chi connectivity index (χ1n) is 12.6. The maximum absolute atomic E-state index is 13.3. The van der Waals surface area contributed by atoms with Crippen LogP contribution < -0.4 is 15.4 Å². The molecule has 0 radical (unpaired) electrons. The molecule has 1 aliphatic rings. The molecule has 0 spiro atoms. The summed E-state index contributed by atoms with van der Waals surface area (Å²) in [4.78, 5) is 40.4. The quantitative estimate of drug-likeness (QED) is 0.414. The van der Waals surface area contributed by atoms with E-state index in [1.54, 1.807) is 55.6 Å². The monoisotopic (exact) mass is 515 g/mol. The van der Waals surface area contributed by atoms with Crippen molar-refractivity contribution in [3.05, 3.63) is 95.1 Å². The molecule has 0 saturated carbocycles. The Bertz CT molecular complexity index is 1290. The van der Waals surface area contributed by atoms with Crippen molar-refractivity contribution in [3.63, 3.8) is 0 Å². The molecule has 1 fully saturated rings. The van der Waals surface area contributed by atoms with Crippen LogP contribution in [-0.2, 0) is 16.1 Å². The minimum atomic E-state index is -0.834. The topological polar surface area (TPSA) is 97.0 Å². The number of methoxy groups -OCH3 is 1. The van der Waals surface area contributed by atoms with Gasteiger partial charge in [-0.3, -0.25) is 14.5 Å². The van der Waals surface area contributed by atoms with Crippen LogP contribution in [0.25, 0.3) is 0 Å². The predicted octanol–water partition coefficient (Wildman–Crippen LogP) is 5.09. The van der Waals surface area contributed by atoms with Crippen LogP contribution in [-0.4, -0.2) is 42.5 Å². The average molecular weight is 516 g/mol. The van der Waals surface area contributed by atoms with E-state index in [1.165, 1.54) is 4.90 Å². The molecule has 1 heterocycles. The first-order valence-corrected chi connectivity index (χ1v) is 12.6. The van der Waals surface area contributed by atoms with Crippen LogP contribution >= 0.6 is 0 Å². The summed E-state index contributed by atoms with van der Waals surface area (Å²) in [5.41, 5.74) is 3.72. The van der Waals surface area contributed by atoms with Gasteiger partial charge in [-0.25, -0.2) is 4.79 Å². The molecule has 8 heteroatoms. The van der Waals surface area contributed by atoms with Crippen LogP contribution in [0.2, 0.25) is 0 Å². The maximum Gasteiger partial charge on any atom is 0.411 e. The number of benzene rings is 3. The second-order valence-electron chi connectivity index (χ2n) is 9.81. The standard InChI is InChI=1S/C30H33N3O5/c1-19(2)17-31-29(35)26-27(38-30(36)33(26)18-21-10-8-20(3)9-11-21)22-12-14-24(15-13-22)32-28(34)23-6-5-7-25(16-23)37-4/h5-16,19,26-27H,17-18H2,1-4H3,(H,31,35)(H,32,34)/t26-,27-/m1/s1. The number of hydrogen-bond acceptors (Lipinski definition) is 5. The van der Waals surface area contributed by atoms with E-state index in [0.29, 0.717) is 29.1 Å². The second kappa shape index (κ2) is 11.8. The van der Waals surface area contributed by atoms with Crippen LogP contribution in [0.15, 0.2) is 72.8 Å². The Morgan fingerprint density at radius 2 is 1.74 bits per heavy atom. The number of carbonyl (C=O) groups excluding carboxylic acids is 3. The lowest BCUT2D eigenvalue weighted by atomic mass is 10.00. The van der Waals surface area contributed by atoms with Crippen molar-refractivity contribution in [2.75, 3.05) is 19.0 Å². The molecule has 2 N–H and O–H groups in total. The number of carbonyl (C=O) groups is 3. The van der Waals surface area contributed by atoms with Crippen molar-refractivity contribution in [1.29, 1.82) is 0 Å². The third kappa shape index (κ3) is 6.32. The molecule has 3 amide bonds. The van der Waals surface area contributed by atoms with Crippen molar-refractivity contribution in [1.82, 2.24) is 10.2 Å². The van der Waals surface area contributed by atoms with E-state index in [9.17, 15) is 14.4 Å². The molecule has 198 valence electrons. The fourth-order valence-corrected chi connectivity index (χ4v) is 4.23. The Labute approximate surface area is 222 Å². The summed E-state index contributed by atoms with van der Waals surface area (Å²) in [7, 11) is 1.55. The lowest BCUT2D eigenvalue weighted by Gasteiger charge is -2.24. The first-order chi connectivity index (χ1) is 18.2. The third-order valence-electron chi connectivity index (χ3n) is 6.34. The number of nitrogens with one attached hydrogen (secondary N) is 2. The fourth-order valence-electron chi connectivity index (χ4n) is 4.23. The minimum absolute atomic E-state index is 0.254. The van der Waals surface area contributed by atoms with E-state index >= 15 is 0 Å². The fraction of sp³-hybridized carbons (Fsp3) is 0.300. The molecule has 0 aromatic heterocycles. The normalized spacial score (nSPS) is 16.8. The highest BCUT2D eigenvalue weighted by Crippen LogP contribution is 2.34. The summed E-state index contributed by atoms with van der Waals surface area (Å²) in [6.45, 7) is 6.76. The Morgan fingerprint density at radius 1 is 1.03 bits per heavy atom. The second-order valence-corrected chi connectivity index (χ2v) is 9.81. The number of aryl methyl sites for hydroxylation is 1. The lowest BCUT2D eigenvalue weighted by molar-refractivity contribution is -0.126. The SMILES string of the molecule is COc1cccc(C(=O)Nc2ccc([C@H]3OC(=O)N(Cc4ccc(C)cc4)[C@H]3C(=O)NCC(C)C)cc2)c1. The van der Waals surface area contributed by atoms with Gasteiger partial charge in [0.1, 0.15) is 5.75 Å². The summed E-state index contributed by atoms with van der Waals surface area (Å²) in [5, 5.41) is 5.81. The van der Waals surface area contributed by atoms with Gasteiger partial charge in [-0.2, -0.15) is 0 Å². The van der Waals surface area contributed by atoms with E-state index in [4.69, 9.17) is 9.47 Å². The van der Waals surface area contributed by atoms with Gasteiger partial charge in [0.2, 0.25) is 5.91 Å². The molecule has 2 atom stereocenters. The number of amides is 3. The van der Waals surface area contributed by atoms with E-state index in [2.05, 4.69) is 10.6 Å². The zero-order chi connectivity index (χ0) is 27.2. The van der Waals surface area contributed by atoms with Gasteiger partial charge in [-0.05, 0) is 54.3 Å². The van der Waals surface area contributed by atoms with E-state index in [1.807, 2.05) is 45.0 Å². The molecular formula is C30H33N3O5. The zero-order valence-corrected chi connectivity index (χ0v) is 22.1. The van der Waals surface area contributed by atoms with Gasteiger partial charge in [0.15, 0.2) is 12.1 Å². The van der Waals surface area contributed by atoms with Crippen LogP contribution in [0.4, 0.5) is 10.5 Å². The smallest absolute Gasteiger partial charge is 0.411 e. The molecule has 0 aliphatic carbocycles. The van der Waals surface area contributed by atoms with Crippen LogP contribution in [0, 0.1) is 12.8 Å². The van der Waals surface area contributed by atoms with Gasteiger partial charge in [-0.15, -0.1) is 0 Å². The van der Waals surface area contributed by atoms with Gasteiger partial charge in [0, 0.05) is 17.8 Å².